The van der Waals surface area contributed by atoms with Gasteiger partial charge >= 0.3 is 0 Å². The van der Waals surface area contributed by atoms with Crippen LogP contribution >= 0.6 is 11.6 Å². The first-order chi connectivity index (χ1) is 15.2. The second kappa shape index (κ2) is 10.7. The molecule has 1 aliphatic rings. The van der Waals surface area contributed by atoms with Gasteiger partial charge in [0.25, 0.3) is 5.91 Å². The maximum atomic E-state index is 12.9. The highest BCUT2D eigenvalue weighted by molar-refractivity contribution is 6.31. The van der Waals surface area contributed by atoms with E-state index in [1.165, 1.54) is 0 Å². The van der Waals surface area contributed by atoms with Crippen LogP contribution in [-0.2, 0) is 4.79 Å². The molecule has 3 rings (SSSR count). The van der Waals surface area contributed by atoms with Gasteiger partial charge in [0.05, 0.1) is 17.5 Å². The summed E-state index contributed by atoms with van der Waals surface area (Å²) in [4.78, 5) is 29.4. The van der Waals surface area contributed by atoms with Gasteiger partial charge in [0.1, 0.15) is 5.75 Å². The lowest BCUT2D eigenvalue weighted by molar-refractivity contribution is -0.132. The molecule has 7 heteroatoms. The zero-order chi connectivity index (χ0) is 23.3. The SMILES string of the molecule is CC(C)CC(=O)N1CCN(c2ccc(Cl)cc2NC(=O)c2ccc(OC(C)C)cc2)CC1. The van der Waals surface area contributed by atoms with Crippen LogP contribution in [0.5, 0.6) is 5.75 Å². The normalized spacial score (nSPS) is 14.1. The van der Waals surface area contributed by atoms with Gasteiger partial charge in [-0.05, 0) is 62.2 Å². The molecule has 1 fully saturated rings. The predicted molar refractivity (Wildman–Crippen MR) is 130 cm³/mol. The summed E-state index contributed by atoms with van der Waals surface area (Å²) in [5, 5.41) is 3.55. The van der Waals surface area contributed by atoms with Crippen molar-refractivity contribution in [2.24, 2.45) is 5.92 Å². The molecule has 1 aliphatic heterocycles. The Hall–Kier alpha value is -2.73. The molecule has 172 valence electrons. The molecule has 0 aliphatic carbocycles. The molecule has 0 atom stereocenters. The first kappa shape index (κ1) is 23.9. The summed E-state index contributed by atoms with van der Waals surface area (Å²) >= 11 is 6.23. The van der Waals surface area contributed by atoms with Crippen molar-refractivity contribution < 1.29 is 14.3 Å². The Kier molecular flexibility index (Phi) is 8.02. The number of benzene rings is 2. The van der Waals surface area contributed by atoms with Crippen molar-refractivity contribution in [3.05, 3.63) is 53.1 Å². The number of nitrogens with one attached hydrogen (secondary N) is 1. The molecule has 1 saturated heterocycles. The van der Waals surface area contributed by atoms with Gasteiger partial charge in [-0.2, -0.15) is 0 Å². The monoisotopic (exact) mass is 457 g/mol. The second-order valence-corrected chi connectivity index (χ2v) is 9.21. The van der Waals surface area contributed by atoms with Crippen molar-refractivity contribution in [2.45, 2.75) is 40.2 Å². The molecule has 0 saturated carbocycles. The molecule has 2 amide bonds. The number of anilines is 2. The zero-order valence-electron chi connectivity index (χ0n) is 19.2. The first-order valence-corrected chi connectivity index (χ1v) is 11.5. The van der Waals surface area contributed by atoms with Gasteiger partial charge in [-0.3, -0.25) is 9.59 Å². The molecule has 6 nitrogen and oxygen atoms in total. The fraction of sp³-hybridized carbons (Fsp3) is 0.440. The Morgan fingerprint density at radius 1 is 1.00 bits per heavy atom. The Labute approximate surface area is 195 Å². The van der Waals surface area contributed by atoms with Crippen LogP contribution in [0, 0.1) is 5.92 Å². The molecule has 0 radical (unpaired) electrons. The van der Waals surface area contributed by atoms with Crippen molar-refractivity contribution in [1.29, 1.82) is 0 Å². The van der Waals surface area contributed by atoms with Gasteiger partial charge in [-0.15, -0.1) is 0 Å². The molecule has 0 aromatic heterocycles. The average Bonchev–Trinajstić information content (AvgIpc) is 2.73. The van der Waals surface area contributed by atoms with Crippen molar-refractivity contribution >= 4 is 34.8 Å². The number of hydrogen-bond acceptors (Lipinski definition) is 4. The summed E-state index contributed by atoms with van der Waals surface area (Å²) in [6, 6.07) is 12.6. The smallest absolute Gasteiger partial charge is 0.255 e. The molecule has 1 heterocycles. The number of amides is 2. The largest absolute Gasteiger partial charge is 0.491 e. The number of carbonyl (C=O) groups excluding carboxylic acids is 2. The fourth-order valence-corrected chi connectivity index (χ4v) is 3.88. The lowest BCUT2D eigenvalue weighted by atomic mass is 10.1. The lowest BCUT2D eigenvalue weighted by Gasteiger charge is -2.37. The first-order valence-electron chi connectivity index (χ1n) is 11.1. The van der Waals surface area contributed by atoms with Gasteiger partial charge in [-0.25, -0.2) is 0 Å². The average molecular weight is 458 g/mol. The zero-order valence-corrected chi connectivity index (χ0v) is 20.0. The summed E-state index contributed by atoms with van der Waals surface area (Å²) in [5.74, 6) is 1.07. The summed E-state index contributed by atoms with van der Waals surface area (Å²) in [5.41, 5.74) is 2.10. The van der Waals surface area contributed by atoms with E-state index in [0.29, 0.717) is 54.8 Å². The highest BCUT2D eigenvalue weighted by Crippen LogP contribution is 2.31. The van der Waals surface area contributed by atoms with E-state index in [2.05, 4.69) is 24.1 Å². The maximum absolute atomic E-state index is 12.9. The number of halogens is 1. The minimum absolute atomic E-state index is 0.0739. The Morgan fingerprint density at radius 3 is 2.25 bits per heavy atom. The van der Waals surface area contributed by atoms with Crippen LogP contribution in [0.1, 0.15) is 44.5 Å². The standard InChI is InChI=1S/C25H32ClN3O3/c1-17(2)15-24(30)29-13-11-28(12-14-29)23-10-7-20(26)16-22(23)27-25(31)19-5-8-21(9-6-19)32-18(3)4/h5-10,16-18H,11-15H2,1-4H3,(H,27,31). The van der Waals surface area contributed by atoms with E-state index in [-0.39, 0.29) is 17.9 Å². The number of carbonyl (C=O) groups is 2. The summed E-state index contributed by atoms with van der Waals surface area (Å²) in [7, 11) is 0. The van der Waals surface area contributed by atoms with E-state index < -0.39 is 0 Å². The molecule has 0 bridgehead atoms. The number of ether oxygens (including phenoxy) is 1. The third-order valence-electron chi connectivity index (χ3n) is 5.25. The van der Waals surface area contributed by atoms with E-state index in [1.807, 2.05) is 30.9 Å². The van der Waals surface area contributed by atoms with Gasteiger partial charge in [0.15, 0.2) is 0 Å². The molecule has 1 N–H and O–H groups in total. The molecule has 2 aromatic carbocycles. The molecule has 0 spiro atoms. The Balaban J connectivity index is 1.69. The Morgan fingerprint density at radius 2 is 1.66 bits per heavy atom. The van der Waals surface area contributed by atoms with E-state index >= 15 is 0 Å². The van der Waals surface area contributed by atoms with Crippen LogP contribution < -0.4 is 15.0 Å². The van der Waals surface area contributed by atoms with E-state index in [9.17, 15) is 9.59 Å². The van der Waals surface area contributed by atoms with Gasteiger partial charge in [0.2, 0.25) is 5.91 Å². The summed E-state index contributed by atoms with van der Waals surface area (Å²) in [6.07, 6.45) is 0.647. The summed E-state index contributed by atoms with van der Waals surface area (Å²) < 4.78 is 5.64. The van der Waals surface area contributed by atoms with E-state index in [1.54, 1.807) is 30.3 Å². The quantitative estimate of drug-likeness (QED) is 0.630. The van der Waals surface area contributed by atoms with Crippen LogP contribution in [0.2, 0.25) is 5.02 Å². The molecule has 2 aromatic rings. The van der Waals surface area contributed by atoms with E-state index in [0.717, 1.165) is 11.4 Å². The number of nitrogens with zero attached hydrogens (tertiary/aromatic N) is 2. The van der Waals surface area contributed by atoms with Crippen molar-refractivity contribution in [3.8, 4) is 5.75 Å². The topological polar surface area (TPSA) is 61.9 Å². The fourth-order valence-electron chi connectivity index (χ4n) is 3.71. The minimum Gasteiger partial charge on any atom is -0.491 e. The highest BCUT2D eigenvalue weighted by Gasteiger charge is 2.23. The third-order valence-corrected chi connectivity index (χ3v) is 5.49. The molecular formula is C25H32ClN3O3. The van der Waals surface area contributed by atoms with Crippen LogP contribution in [0.3, 0.4) is 0 Å². The van der Waals surface area contributed by atoms with Crippen molar-refractivity contribution in [3.63, 3.8) is 0 Å². The third kappa shape index (κ3) is 6.39. The van der Waals surface area contributed by atoms with Crippen LogP contribution in [0.4, 0.5) is 11.4 Å². The number of piperazine rings is 1. The predicted octanol–water partition coefficient (Wildman–Crippen LogP) is 5.07. The number of hydrogen-bond donors (Lipinski definition) is 1. The van der Waals surface area contributed by atoms with Gasteiger partial charge in [0, 0.05) is 43.2 Å². The van der Waals surface area contributed by atoms with Gasteiger partial charge < -0.3 is 19.9 Å². The molecule has 32 heavy (non-hydrogen) atoms. The maximum Gasteiger partial charge on any atom is 0.255 e. The van der Waals surface area contributed by atoms with Crippen LogP contribution in [0.25, 0.3) is 0 Å². The molecule has 0 unspecified atom stereocenters. The van der Waals surface area contributed by atoms with Gasteiger partial charge in [-0.1, -0.05) is 25.4 Å². The lowest BCUT2D eigenvalue weighted by Crippen LogP contribution is -2.49. The molecular weight excluding hydrogens is 426 g/mol. The van der Waals surface area contributed by atoms with Crippen LogP contribution in [-0.4, -0.2) is 49.0 Å². The number of rotatable bonds is 7. The Bertz CT molecular complexity index is 936. The summed E-state index contributed by atoms with van der Waals surface area (Å²) in [6.45, 7) is 10.8. The highest BCUT2D eigenvalue weighted by atomic mass is 35.5. The van der Waals surface area contributed by atoms with E-state index in [4.69, 9.17) is 16.3 Å². The van der Waals surface area contributed by atoms with Crippen molar-refractivity contribution in [2.75, 3.05) is 36.4 Å². The second-order valence-electron chi connectivity index (χ2n) is 8.77. The van der Waals surface area contributed by atoms with Crippen LogP contribution in [0.15, 0.2) is 42.5 Å². The minimum atomic E-state index is -0.213. The van der Waals surface area contributed by atoms with Crippen molar-refractivity contribution in [1.82, 2.24) is 4.90 Å².